The number of aliphatic hydroxyl groups is 2. The molecule has 2 N–H and O–H groups in total. The van der Waals surface area contributed by atoms with E-state index in [2.05, 4.69) is 0 Å². The molecule has 24 heavy (non-hydrogen) atoms. The van der Waals surface area contributed by atoms with Crippen LogP contribution >= 0.6 is 0 Å². The second-order valence-electron chi connectivity index (χ2n) is 8.45. The fourth-order valence-electron chi connectivity index (χ4n) is 5.20. The Kier molecular flexibility index (Phi) is 4.04. The van der Waals surface area contributed by atoms with E-state index < -0.39 is 22.5 Å². The van der Waals surface area contributed by atoms with Gasteiger partial charge >= 0.3 is 0 Å². The molecule has 0 amide bonds. The van der Waals surface area contributed by atoms with Gasteiger partial charge in [-0.05, 0) is 55.9 Å². The zero-order valence-corrected chi connectivity index (χ0v) is 15.0. The number of allylic oxidation sites excluding steroid dienone is 1. The van der Waals surface area contributed by atoms with Gasteiger partial charge in [0.2, 0.25) is 0 Å². The van der Waals surface area contributed by atoms with Gasteiger partial charge in [-0.2, -0.15) is 0 Å². The predicted molar refractivity (Wildman–Crippen MR) is 91.4 cm³/mol. The number of furan rings is 1. The third kappa shape index (κ3) is 2.31. The van der Waals surface area contributed by atoms with Crippen molar-refractivity contribution in [2.75, 3.05) is 0 Å². The maximum absolute atomic E-state index is 12.8. The Bertz CT molecular complexity index is 657. The SMILES string of the molecule is CC1=CC(=O)[C@H]2C(C)(C)[C@@H](O)CC[C@]2(C)[C@@]1(O)CCc1ccoc1. The van der Waals surface area contributed by atoms with Crippen LogP contribution in [0.5, 0.6) is 0 Å². The van der Waals surface area contributed by atoms with E-state index in [1.807, 2.05) is 33.8 Å². The summed E-state index contributed by atoms with van der Waals surface area (Å²) in [4.78, 5) is 12.8. The van der Waals surface area contributed by atoms with Crippen molar-refractivity contribution in [2.24, 2.45) is 16.7 Å². The van der Waals surface area contributed by atoms with Crippen molar-refractivity contribution in [1.82, 2.24) is 0 Å². The van der Waals surface area contributed by atoms with Gasteiger partial charge in [-0.3, -0.25) is 4.79 Å². The Hall–Kier alpha value is -1.39. The zero-order chi connectivity index (χ0) is 17.8. The van der Waals surface area contributed by atoms with Crippen LogP contribution in [0, 0.1) is 16.7 Å². The highest BCUT2D eigenvalue weighted by Crippen LogP contribution is 2.61. The number of fused-ring (bicyclic) bond motifs is 1. The van der Waals surface area contributed by atoms with Crippen LogP contribution in [0.15, 0.2) is 34.7 Å². The standard InChI is InChI=1S/C20H28O4/c1-13-11-15(21)17-18(2,3)16(22)6-8-19(17,4)20(13,23)9-5-14-7-10-24-12-14/h7,10-12,16-17,22-23H,5-6,8-9H2,1-4H3/t16-,17-,19-,20+/m0/s1. The summed E-state index contributed by atoms with van der Waals surface area (Å²) in [5.74, 6) is -0.349. The lowest BCUT2D eigenvalue weighted by Crippen LogP contribution is -2.64. The lowest BCUT2D eigenvalue weighted by atomic mass is 9.45. The molecule has 1 heterocycles. The molecule has 1 aromatic heterocycles. The summed E-state index contributed by atoms with van der Waals surface area (Å²) in [6.45, 7) is 7.77. The molecule has 0 saturated heterocycles. The van der Waals surface area contributed by atoms with Crippen LogP contribution in [0.1, 0.15) is 52.5 Å². The summed E-state index contributed by atoms with van der Waals surface area (Å²) >= 11 is 0. The van der Waals surface area contributed by atoms with E-state index in [1.54, 1.807) is 18.6 Å². The van der Waals surface area contributed by atoms with E-state index in [9.17, 15) is 15.0 Å². The third-order valence-electron chi connectivity index (χ3n) is 6.77. The van der Waals surface area contributed by atoms with Crippen LogP contribution in [-0.4, -0.2) is 27.7 Å². The maximum Gasteiger partial charge on any atom is 0.160 e. The van der Waals surface area contributed by atoms with E-state index in [-0.39, 0.29) is 11.7 Å². The zero-order valence-electron chi connectivity index (χ0n) is 15.0. The molecule has 2 aliphatic carbocycles. The quantitative estimate of drug-likeness (QED) is 0.891. The molecule has 1 aromatic rings. The first-order chi connectivity index (χ1) is 11.1. The normalized spacial score (nSPS) is 38.6. The average Bonchev–Trinajstić information content (AvgIpc) is 3.00. The monoisotopic (exact) mass is 332 g/mol. The van der Waals surface area contributed by atoms with Gasteiger partial charge < -0.3 is 14.6 Å². The largest absolute Gasteiger partial charge is 0.472 e. The summed E-state index contributed by atoms with van der Waals surface area (Å²) in [6, 6.07) is 1.91. The highest BCUT2D eigenvalue weighted by molar-refractivity contribution is 5.95. The Morgan fingerprint density at radius 1 is 1.33 bits per heavy atom. The third-order valence-corrected chi connectivity index (χ3v) is 6.77. The van der Waals surface area contributed by atoms with Gasteiger partial charge in [0.1, 0.15) is 0 Å². The molecule has 1 saturated carbocycles. The molecule has 4 heteroatoms. The van der Waals surface area contributed by atoms with Crippen molar-refractivity contribution in [3.63, 3.8) is 0 Å². The van der Waals surface area contributed by atoms with Crippen LogP contribution in [0.3, 0.4) is 0 Å². The Morgan fingerprint density at radius 3 is 2.67 bits per heavy atom. The average molecular weight is 332 g/mol. The molecule has 4 atom stereocenters. The molecule has 0 aliphatic heterocycles. The van der Waals surface area contributed by atoms with Crippen molar-refractivity contribution < 1.29 is 19.4 Å². The molecule has 3 rings (SSSR count). The molecule has 0 radical (unpaired) electrons. The van der Waals surface area contributed by atoms with Gasteiger partial charge in [-0.1, -0.05) is 20.8 Å². The van der Waals surface area contributed by atoms with Gasteiger partial charge in [-0.15, -0.1) is 0 Å². The minimum Gasteiger partial charge on any atom is -0.472 e. The first-order valence-electron chi connectivity index (χ1n) is 8.77. The molecule has 132 valence electrons. The highest BCUT2D eigenvalue weighted by atomic mass is 16.3. The van der Waals surface area contributed by atoms with Crippen LogP contribution < -0.4 is 0 Å². The van der Waals surface area contributed by atoms with Crippen LogP contribution in [0.25, 0.3) is 0 Å². The van der Waals surface area contributed by atoms with Crippen molar-refractivity contribution >= 4 is 5.78 Å². The number of carbonyl (C=O) groups is 1. The van der Waals surface area contributed by atoms with Gasteiger partial charge in [-0.25, -0.2) is 0 Å². The van der Waals surface area contributed by atoms with Gasteiger partial charge in [0, 0.05) is 16.7 Å². The summed E-state index contributed by atoms with van der Waals surface area (Å²) in [5.41, 5.74) is -0.397. The minimum atomic E-state index is -1.06. The van der Waals surface area contributed by atoms with E-state index in [0.29, 0.717) is 25.7 Å². The van der Waals surface area contributed by atoms with E-state index >= 15 is 0 Å². The molecule has 0 unspecified atom stereocenters. The van der Waals surface area contributed by atoms with Crippen molar-refractivity contribution in [1.29, 1.82) is 0 Å². The first-order valence-corrected chi connectivity index (χ1v) is 8.77. The number of aryl methyl sites for hydroxylation is 1. The second kappa shape index (κ2) is 5.57. The van der Waals surface area contributed by atoms with Crippen molar-refractivity contribution in [2.45, 2.75) is 65.1 Å². The Balaban J connectivity index is 2.01. The lowest BCUT2D eigenvalue weighted by molar-refractivity contribution is -0.184. The molecule has 4 nitrogen and oxygen atoms in total. The van der Waals surface area contributed by atoms with Crippen LogP contribution in [0.2, 0.25) is 0 Å². The van der Waals surface area contributed by atoms with E-state index in [1.165, 1.54) is 0 Å². The molecular weight excluding hydrogens is 304 g/mol. The highest BCUT2D eigenvalue weighted by Gasteiger charge is 2.63. The van der Waals surface area contributed by atoms with E-state index in [4.69, 9.17) is 4.42 Å². The topological polar surface area (TPSA) is 70.7 Å². The van der Waals surface area contributed by atoms with Crippen molar-refractivity contribution in [3.8, 4) is 0 Å². The first kappa shape index (κ1) is 17.4. The fourth-order valence-corrected chi connectivity index (χ4v) is 5.20. The summed E-state index contributed by atoms with van der Waals surface area (Å²) in [7, 11) is 0. The Labute approximate surface area is 143 Å². The number of rotatable bonds is 3. The van der Waals surface area contributed by atoms with E-state index in [0.717, 1.165) is 11.1 Å². The number of hydrogen-bond donors (Lipinski definition) is 2. The number of aliphatic hydroxyl groups excluding tert-OH is 1. The Morgan fingerprint density at radius 2 is 2.04 bits per heavy atom. The van der Waals surface area contributed by atoms with Gasteiger partial charge in [0.05, 0.1) is 24.2 Å². The molecule has 1 fully saturated rings. The number of ketones is 1. The molecular formula is C20H28O4. The van der Waals surface area contributed by atoms with Crippen LogP contribution in [-0.2, 0) is 11.2 Å². The predicted octanol–water partition coefficient (Wildman–Crippen LogP) is 3.28. The minimum absolute atomic E-state index is 0.0340. The molecule has 0 spiro atoms. The maximum atomic E-state index is 12.8. The summed E-state index contributed by atoms with van der Waals surface area (Å²) in [6.07, 6.45) is 6.89. The van der Waals surface area contributed by atoms with Crippen LogP contribution in [0.4, 0.5) is 0 Å². The number of carbonyl (C=O) groups excluding carboxylic acids is 1. The van der Waals surface area contributed by atoms with Crippen molar-refractivity contribution in [3.05, 3.63) is 35.8 Å². The number of hydrogen-bond acceptors (Lipinski definition) is 4. The summed E-state index contributed by atoms with van der Waals surface area (Å²) < 4.78 is 5.13. The summed E-state index contributed by atoms with van der Waals surface area (Å²) in [5, 5.41) is 22.2. The molecule has 2 aliphatic rings. The lowest BCUT2D eigenvalue weighted by Gasteiger charge is -2.60. The second-order valence-corrected chi connectivity index (χ2v) is 8.45. The smallest absolute Gasteiger partial charge is 0.160 e. The van der Waals surface area contributed by atoms with Gasteiger partial charge in [0.25, 0.3) is 0 Å². The molecule has 0 bridgehead atoms. The molecule has 0 aromatic carbocycles. The van der Waals surface area contributed by atoms with Gasteiger partial charge in [0.15, 0.2) is 5.78 Å². The fraction of sp³-hybridized carbons (Fsp3) is 0.650.